The van der Waals surface area contributed by atoms with Gasteiger partial charge in [0.25, 0.3) is 17.8 Å². The second kappa shape index (κ2) is 10.00. The van der Waals surface area contributed by atoms with Gasteiger partial charge in [-0.1, -0.05) is 6.07 Å². The van der Waals surface area contributed by atoms with Gasteiger partial charge in [0.1, 0.15) is 23.7 Å². The smallest absolute Gasteiger partial charge is 0.356 e. The van der Waals surface area contributed by atoms with E-state index in [1.165, 1.54) is 52.3 Å². The first-order valence-electron chi connectivity index (χ1n) is 9.96. The Morgan fingerprint density at radius 2 is 2.09 bits per heavy atom. The third kappa shape index (κ3) is 4.76. The molecule has 0 radical (unpaired) electrons. The molecule has 2 atom stereocenters. The molecule has 0 aliphatic carbocycles. The first-order valence-corrected chi connectivity index (χ1v) is 11.9. The summed E-state index contributed by atoms with van der Waals surface area (Å²) in [6, 6.07) is 8.39. The number of benzene rings is 1. The maximum absolute atomic E-state index is 12.9. The molecule has 13 heteroatoms. The van der Waals surface area contributed by atoms with Gasteiger partial charge in [0.05, 0.1) is 16.9 Å². The largest absolute Gasteiger partial charge is 0.456 e. The molecule has 1 N–H and O–H groups in total. The van der Waals surface area contributed by atoms with E-state index in [1.54, 1.807) is 0 Å². The molecule has 2 aliphatic rings. The van der Waals surface area contributed by atoms with E-state index in [2.05, 4.69) is 10.1 Å². The van der Waals surface area contributed by atoms with Crippen molar-refractivity contribution in [1.29, 1.82) is 0 Å². The van der Waals surface area contributed by atoms with Crippen molar-refractivity contribution in [3.63, 3.8) is 0 Å². The lowest BCUT2D eigenvalue weighted by atomic mass is 10.0. The average Bonchev–Trinajstić information content (AvgIpc) is 3.34. The predicted octanol–water partition coefficient (Wildman–Crippen LogP) is 1.90. The number of hydrogen-bond acceptors (Lipinski definition) is 8. The molecule has 1 fully saturated rings. The third-order valence-corrected chi connectivity index (χ3v) is 7.33. The predicted molar refractivity (Wildman–Crippen MR) is 123 cm³/mol. The summed E-state index contributed by atoms with van der Waals surface area (Å²) in [7, 11) is 0. The van der Waals surface area contributed by atoms with Crippen molar-refractivity contribution in [1.82, 2.24) is 10.2 Å². The standard InChI is InChI=1S/C21H17N5O6S2/c22-23-9-13-11-34-20-17(24-16(27)8-15-2-1-7-33-15)19(28)25(20)18(13)21(29)32-10-12-3-5-14(6-4-12)26(30)31/h1-7,9,17,20H,8,10-11H2,(H,24,27)/t17-,20-/m1/s1. The Balaban J connectivity index is 1.45. The fraction of sp³-hybridized carbons (Fsp3) is 0.238. The minimum atomic E-state index is -0.810. The molecular formula is C21H17N5O6S2. The van der Waals surface area contributed by atoms with E-state index in [4.69, 9.17) is 10.3 Å². The second-order valence-corrected chi connectivity index (χ2v) is 9.47. The lowest BCUT2D eigenvalue weighted by Gasteiger charge is -2.49. The SMILES string of the molecule is [N-]=[N+]=CC1=C(C(=O)OCc2ccc([N+](=O)[O-])cc2)N2C(=O)[C@@H](NC(=O)Cc3cccs3)[C@H]2SC1. The highest BCUT2D eigenvalue weighted by Gasteiger charge is 2.54. The molecule has 2 aromatic rings. The second-order valence-electron chi connectivity index (χ2n) is 7.33. The highest BCUT2D eigenvalue weighted by atomic mass is 32.2. The van der Waals surface area contributed by atoms with Crippen LogP contribution < -0.4 is 5.32 Å². The number of thioether (sulfide) groups is 1. The van der Waals surface area contributed by atoms with Gasteiger partial charge in [-0.2, -0.15) is 4.79 Å². The van der Waals surface area contributed by atoms with Crippen LogP contribution in [0.4, 0.5) is 5.69 Å². The summed E-state index contributed by atoms with van der Waals surface area (Å²) in [5.74, 6) is -1.31. The summed E-state index contributed by atoms with van der Waals surface area (Å²) < 4.78 is 5.33. The Morgan fingerprint density at radius 3 is 2.74 bits per heavy atom. The Hall–Kier alpha value is -3.80. The Kier molecular flexibility index (Phi) is 6.87. The highest BCUT2D eigenvalue weighted by molar-refractivity contribution is 8.00. The van der Waals surface area contributed by atoms with E-state index in [-0.39, 0.29) is 36.1 Å². The molecule has 11 nitrogen and oxygen atoms in total. The zero-order valence-corrected chi connectivity index (χ0v) is 19.1. The monoisotopic (exact) mass is 499 g/mol. The number of hydrogen-bond donors (Lipinski definition) is 1. The summed E-state index contributed by atoms with van der Waals surface area (Å²) in [5.41, 5.74) is 9.66. The van der Waals surface area contributed by atoms with Gasteiger partial charge in [-0.15, -0.1) is 23.1 Å². The van der Waals surface area contributed by atoms with Crippen LogP contribution in [0.1, 0.15) is 10.4 Å². The zero-order valence-electron chi connectivity index (χ0n) is 17.4. The Labute approximate surface area is 201 Å². The molecule has 0 bridgehead atoms. The topological polar surface area (TPSA) is 155 Å². The number of carbonyl (C=O) groups excluding carboxylic acids is 3. The van der Waals surface area contributed by atoms with Gasteiger partial charge in [0.2, 0.25) is 5.91 Å². The molecule has 4 rings (SSSR count). The van der Waals surface area contributed by atoms with E-state index >= 15 is 0 Å². The number of carbonyl (C=O) groups is 3. The maximum Gasteiger partial charge on any atom is 0.356 e. The summed E-state index contributed by atoms with van der Waals surface area (Å²) in [5, 5.41) is 14.9. The number of non-ortho nitro benzene ring substituents is 1. The number of ether oxygens (including phenoxy) is 1. The normalized spacial score (nSPS) is 18.9. The van der Waals surface area contributed by atoms with Crippen LogP contribution >= 0.6 is 23.1 Å². The first-order chi connectivity index (χ1) is 16.4. The van der Waals surface area contributed by atoms with Crippen LogP contribution in [0.5, 0.6) is 0 Å². The number of nitrogens with one attached hydrogen (secondary N) is 1. The van der Waals surface area contributed by atoms with Crippen molar-refractivity contribution < 1.29 is 28.8 Å². The molecular weight excluding hydrogens is 482 g/mol. The minimum Gasteiger partial charge on any atom is -0.456 e. The molecule has 34 heavy (non-hydrogen) atoms. The molecule has 1 aromatic carbocycles. The fourth-order valence-electron chi connectivity index (χ4n) is 3.53. The summed E-state index contributed by atoms with van der Waals surface area (Å²) >= 11 is 2.77. The van der Waals surface area contributed by atoms with Gasteiger partial charge in [0.15, 0.2) is 0 Å². The number of β-lactam (4-membered cyclic amide) rings is 1. The molecule has 0 unspecified atom stereocenters. The summed E-state index contributed by atoms with van der Waals surface area (Å²) in [4.78, 5) is 53.4. The Bertz CT molecular complexity index is 1220. The molecule has 1 saturated heterocycles. The number of nitrogens with zero attached hydrogens (tertiary/aromatic N) is 4. The maximum atomic E-state index is 12.9. The lowest BCUT2D eigenvalue weighted by Crippen LogP contribution is -2.70. The number of nitro groups is 1. The van der Waals surface area contributed by atoms with Crippen molar-refractivity contribution >= 4 is 52.8 Å². The molecule has 2 amide bonds. The lowest BCUT2D eigenvalue weighted by molar-refractivity contribution is -0.384. The van der Waals surface area contributed by atoms with Gasteiger partial charge < -0.3 is 15.6 Å². The minimum absolute atomic E-state index is 0.0581. The van der Waals surface area contributed by atoms with E-state index in [0.29, 0.717) is 11.1 Å². The number of amides is 2. The van der Waals surface area contributed by atoms with Gasteiger partial charge in [-0.3, -0.25) is 24.6 Å². The number of esters is 1. The van der Waals surface area contributed by atoms with Crippen LogP contribution in [0.15, 0.2) is 53.0 Å². The van der Waals surface area contributed by atoms with Gasteiger partial charge >= 0.3 is 5.97 Å². The van der Waals surface area contributed by atoms with Crippen LogP contribution in [0, 0.1) is 10.1 Å². The first kappa shape index (κ1) is 23.4. The van der Waals surface area contributed by atoms with Crippen LogP contribution in [-0.4, -0.2) is 55.8 Å². The Morgan fingerprint density at radius 1 is 1.32 bits per heavy atom. The summed E-state index contributed by atoms with van der Waals surface area (Å²) in [6.07, 6.45) is 1.23. The van der Waals surface area contributed by atoms with Crippen molar-refractivity contribution in [2.24, 2.45) is 0 Å². The molecule has 174 valence electrons. The van der Waals surface area contributed by atoms with E-state index in [0.717, 1.165) is 11.1 Å². The number of fused-ring (bicyclic) bond motifs is 1. The van der Waals surface area contributed by atoms with Gasteiger partial charge in [-0.25, -0.2) is 4.79 Å². The van der Waals surface area contributed by atoms with Crippen LogP contribution in [0.25, 0.3) is 5.53 Å². The van der Waals surface area contributed by atoms with Crippen molar-refractivity contribution in [2.45, 2.75) is 24.4 Å². The number of thiophene rings is 1. The molecule has 3 heterocycles. The van der Waals surface area contributed by atoms with E-state index < -0.39 is 28.2 Å². The van der Waals surface area contributed by atoms with Crippen LogP contribution in [0.2, 0.25) is 0 Å². The van der Waals surface area contributed by atoms with Crippen molar-refractivity contribution in [3.05, 3.63) is 79.1 Å². The van der Waals surface area contributed by atoms with Crippen molar-refractivity contribution in [2.75, 3.05) is 5.75 Å². The van der Waals surface area contributed by atoms with E-state index in [9.17, 15) is 24.5 Å². The van der Waals surface area contributed by atoms with E-state index in [1.807, 2.05) is 17.5 Å². The number of nitro benzene ring substituents is 1. The molecule has 0 spiro atoms. The van der Waals surface area contributed by atoms with Gasteiger partial charge in [-0.05, 0) is 29.1 Å². The van der Waals surface area contributed by atoms with Crippen LogP contribution in [0.3, 0.4) is 0 Å². The average molecular weight is 500 g/mol. The molecule has 2 aliphatic heterocycles. The van der Waals surface area contributed by atoms with Crippen LogP contribution in [-0.2, 0) is 32.1 Å². The third-order valence-electron chi connectivity index (χ3n) is 5.15. The quantitative estimate of drug-likeness (QED) is 0.111. The van der Waals surface area contributed by atoms with Crippen molar-refractivity contribution in [3.8, 4) is 0 Å². The number of rotatable bonds is 8. The summed E-state index contributed by atoms with van der Waals surface area (Å²) in [6.45, 7) is -0.176. The van der Waals surface area contributed by atoms with Gasteiger partial charge in [0, 0.05) is 22.8 Å². The highest BCUT2D eigenvalue weighted by Crippen LogP contribution is 2.40. The fourth-order valence-corrected chi connectivity index (χ4v) is 5.53. The molecule has 1 aromatic heterocycles. The zero-order chi connectivity index (χ0) is 24.2. The molecule has 0 saturated carbocycles.